The minimum atomic E-state index is -0.517. The number of hydrogen-bond acceptors (Lipinski definition) is 4. The van der Waals surface area contributed by atoms with E-state index in [1.807, 2.05) is 0 Å². The maximum atomic E-state index is 11.5. The van der Waals surface area contributed by atoms with E-state index in [9.17, 15) is 9.59 Å². The van der Waals surface area contributed by atoms with Crippen LogP contribution in [0.2, 0.25) is 0 Å². The molecule has 1 fully saturated rings. The third-order valence-corrected chi connectivity index (χ3v) is 3.38. The molecular weight excluding hydrogens is 214 g/mol. The summed E-state index contributed by atoms with van der Waals surface area (Å²) < 4.78 is 0. The number of hydrogen-bond donors (Lipinski definition) is 2. The first-order chi connectivity index (χ1) is 7.16. The molecule has 1 heterocycles. The normalized spacial score (nSPS) is 15.7. The predicted octanol–water partition coefficient (Wildman–Crippen LogP) is 0.981. The van der Waals surface area contributed by atoms with E-state index < -0.39 is 5.91 Å². The molecule has 0 aliphatic heterocycles. The van der Waals surface area contributed by atoms with Crippen molar-refractivity contribution in [1.29, 1.82) is 0 Å². The zero-order valence-electron chi connectivity index (χ0n) is 8.03. The molecule has 0 aromatic carbocycles. The number of nitrogens with zero attached hydrogens (tertiary/aromatic N) is 1. The SMILES string of the molecule is NC(=O)c1cnc(NC(=O)C2CCC2)s1. The number of nitrogens with one attached hydrogen (secondary N) is 1. The van der Waals surface area contributed by atoms with Gasteiger partial charge in [0.15, 0.2) is 5.13 Å². The first kappa shape index (κ1) is 10.1. The number of rotatable bonds is 3. The van der Waals surface area contributed by atoms with Crippen molar-refractivity contribution in [2.75, 3.05) is 5.32 Å². The van der Waals surface area contributed by atoms with E-state index in [0.29, 0.717) is 10.0 Å². The number of thiazole rings is 1. The molecule has 3 N–H and O–H groups in total. The Hall–Kier alpha value is -1.43. The third kappa shape index (κ3) is 2.15. The number of primary amides is 1. The largest absolute Gasteiger partial charge is 0.365 e. The highest BCUT2D eigenvalue weighted by Crippen LogP contribution is 2.28. The van der Waals surface area contributed by atoms with Crippen LogP contribution < -0.4 is 11.1 Å². The molecule has 0 radical (unpaired) electrons. The number of carbonyl (C=O) groups is 2. The van der Waals surface area contributed by atoms with E-state index in [1.165, 1.54) is 6.20 Å². The molecule has 1 aromatic rings. The van der Waals surface area contributed by atoms with Gasteiger partial charge in [-0.05, 0) is 12.8 Å². The van der Waals surface area contributed by atoms with Gasteiger partial charge in [-0.1, -0.05) is 17.8 Å². The van der Waals surface area contributed by atoms with Crippen LogP contribution in [-0.2, 0) is 4.79 Å². The zero-order valence-corrected chi connectivity index (χ0v) is 8.84. The Morgan fingerprint density at radius 3 is 2.73 bits per heavy atom. The van der Waals surface area contributed by atoms with E-state index in [2.05, 4.69) is 10.3 Å². The highest BCUT2D eigenvalue weighted by atomic mass is 32.1. The van der Waals surface area contributed by atoms with Gasteiger partial charge in [0.25, 0.3) is 5.91 Å². The summed E-state index contributed by atoms with van der Waals surface area (Å²) >= 11 is 1.10. The Morgan fingerprint density at radius 1 is 1.53 bits per heavy atom. The Bertz CT molecular complexity index is 398. The molecule has 1 aromatic heterocycles. The van der Waals surface area contributed by atoms with Crippen LogP contribution >= 0.6 is 11.3 Å². The highest BCUT2D eigenvalue weighted by Gasteiger charge is 2.25. The minimum absolute atomic E-state index is 0.00776. The lowest BCUT2D eigenvalue weighted by atomic mass is 9.85. The van der Waals surface area contributed by atoms with Crippen molar-refractivity contribution in [1.82, 2.24) is 4.98 Å². The van der Waals surface area contributed by atoms with Crippen molar-refractivity contribution in [2.45, 2.75) is 19.3 Å². The van der Waals surface area contributed by atoms with Gasteiger partial charge in [-0.2, -0.15) is 0 Å². The smallest absolute Gasteiger partial charge is 0.260 e. The molecule has 0 spiro atoms. The number of carbonyl (C=O) groups excluding carboxylic acids is 2. The fourth-order valence-corrected chi connectivity index (χ4v) is 2.00. The second kappa shape index (κ2) is 3.98. The van der Waals surface area contributed by atoms with Gasteiger partial charge in [0.05, 0.1) is 6.20 Å². The average Bonchev–Trinajstić information content (AvgIpc) is 2.48. The fourth-order valence-electron chi connectivity index (χ4n) is 1.32. The standard InChI is InChI=1S/C9H11N3O2S/c10-7(13)6-4-11-9(15-6)12-8(14)5-2-1-3-5/h4-5H,1-3H2,(H2,10,13)(H,11,12,14). The van der Waals surface area contributed by atoms with Crippen molar-refractivity contribution in [3.63, 3.8) is 0 Å². The Balaban J connectivity index is 1.97. The van der Waals surface area contributed by atoms with Crippen molar-refractivity contribution in [2.24, 2.45) is 11.7 Å². The van der Waals surface area contributed by atoms with Crippen molar-refractivity contribution in [3.8, 4) is 0 Å². The van der Waals surface area contributed by atoms with Crippen LogP contribution in [0.5, 0.6) is 0 Å². The molecule has 0 unspecified atom stereocenters. The lowest BCUT2D eigenvalue weighted by Crippen LogP contribution is -2.27. The number of amides is 2. The number of anilines is 1. The lowest BCUT2D eigenvalue weighted by Gasteiger charge is -2.23. The number of nitrogens with two attached hydrogens (primary N) is 1. The third-order valence-electron chi connectivity index (χ3n) is 2.45. The predicted molar refractivity (Wildman–Crippen MR) is 56.6 cm³/mol. The van der Waals surface area contributed by atoms with Gasteiger partial charge < -0.3 is 11.1 Å². The van der Waals surface area contributed by atoms with Crippen molar-refractivity contribution in [3.05, 3.63) is 11.1 Å². The Morgan fingerprint density at radius 2 is 2.27 bits per heavy atom. The second-order valence-electron chi connectivity index (χ2n) is 3.51. The van der Waals surface area contributed by atoms with Gasteiger partial charge >= 0.3 is 0 Å². The molecule has 1 aliphatic carbocycles. The first-order valence-electron chi connectivity index (χ1n) is 4.73. The highest BCUT2D eigenvalue weighted by molar-refractivity contribution is 7.17. The molecule has 1 aliphatic rings. The fraction of sp³-hybridized carbons (Fsp3) is 0.444. The molecule has 6 heteroatoms. The van der Waals surface area contributed by atoms with Crippen LogP contribution in [0.4, 0.5) is 5.13 Å². The molecule has 2 rings (SSSR count). The summed E-state index contributed by atoms with van der Waals surface area (Å²) in [5.41, 5.74) is 5.07. The van der Waals surface area contributed by atoms with Crippen LogP contribution in [0.1, 0.15) is 28.9 Å². The Labute approximate surface area is 90.7 Å². The quantitative estimate of drug-likeness (QED) is 0.804. The van der Waals surface area contributed by atoms with Gasteiger partial charge in [-0.25, -0.2) is 4.98 Å². The topological polar surface area (TPSA) is 85.1 Å². The van der Waals surface area contributed by atoms with Crippen molar-refractivity contribution < 1.29 is 9.59 Å². The van der Waals surface area contributed by atoms with E-state index in [0.717, 1.165) is 30.6 Å². The monoisotopic (exact) mass is 225 g/mol. The van der Waals surface area contributed by atoms with Gasteiger partial charge in [-0.3, -0.25) is 9.59 Å². The van der Waals surface area contributed by atoms with Gasteiger partial charge in [0, 0.05) is 5.92 Å². The van der Waals surface area contributed by atoms with E-state index in [-0.39, 0.29) is 11.8 Å². The van der Waals surface area contributed by atoms with Crippen LogP contribution in [0.25, 0.3) is 0 Å². The summed E-state index contributed by atoms with van der Waals surface area (Å²) in [7, 11) is 0. The van der Waals surface area contributed by atoms with Gasteiger partial charge in [0.2, 0.25) is 5.91 Å². The summed E-state index contributed by atoms with van der Waals surface area (Å²) in [4.78, 5) is 26.6. The molecule has 0 bridgehead atoms. The van der Waals surface area contributed by atoms with E-state index in [1.54, 1.807) is 0 Å². The molecule has 80 valence electrons. The molecule has 0 saturated heterocycles. The molecule has 0 atom stereocenters. The molecule has 2 amide bonds. The maximum absolute atomic E-state index is 11.5. The molecule has 5 nitrogen and oxygen atoms in total. The molecular formula is C9H11N3O2S. The second-order valence-corrected chi connectivity index (χ2v) is 4.54. The minimum Gasteiger partial charge on any atom is -0.365 e. The lowest BCUT2D eigenvalue weighted by molar-refractivity contribution is -0.122. The van der Waals surface area contributed by atoms with Crippen LogP contribution in [0.3, 0.4) is 0 Å². The van der Waals surface area contributed by atoms with Gasteiger partial charge in [-0.15, -0.1) is 0 Å². The van der Waals surface area contributed by atoms with E-state index >= 15 is 0 Å². The Kier molecular flexibility index (Phi) is 2.68. The maximum Gasteiger partial charge on any atom is 0.260 e. The summed E-state index contributed by atoms with van der Waals surface area (Å²) in [5, 5.41) is 3.12. The van der Waals surface area contributed by atoms with Crippen LogP contribution in [0.15, 0.2) is 6.20 Å². The molecule has 15 heavy (non-hydrogen) atoms. The molecule has 1 saturated carbocycles. The summed E-state index contributed by atoms with van der Waals surface area (Å²) in [6.45, 7) is 0. The first-order valence-corrected chi connectivity index (χ1v) is 5.55. The summed E-state index contributed by atoms with van der Waals surface area (Å²) in [6.07, 6.45) is 4.38. The zero-order chi connectivity index (χ0) is 10.8. The van der Waals surface area contributed by atoms with Gasteiger partial charge in [0.1, 0.15) is 4.88 Å². The summed E-state index contributed by atoms with van der Waals surface area (Å²) in [6, 6.07) is 0. The van der Waals surface area contributed by atoms with Crippen molar-refractivity contribution >= 4 is 28.3 Å². The average molecular weight is 225 g/mol. The van der Waals surface area contributed by atoms with Crippen LogP contribution in [-0.4, -0.2) is 16.8 Å². The van der Waals surface area contributed by atoms with Crippen LogP contribution in [0, 0.1) is 5.92 Å². The van der Waals surface area contributed by atoms with E-state index in [4.69, 9.17) is 5.73 Å². The number of aromatic nitrogens is 1. The summed E-state index contributed by atoms with van der Waals surface area (Å²) in [5.74, 6) is -0.408.